The van der Waals surface area contributed by atoms with E-state index < -0.39 is 19.1 Å². The lowest BCUT2D eigenvalue weighted by molar-refractivity contribution is -0.0490. The number of hydrogen-bond donors (Lipinski definition) is 3. The number of halogens is 2. The van der Waals surface area contributed by atoms with Crippen LogP contribution in [0.15, 0.2) is 6.20 Å². The number of hydrogen-bond acceptors (Lipinski definition) is 4. The van der Waals surface area contributed by atoms with Crippen molar-refractivity contribution in [1.29, 1.82) is 0 Å². The molecule has 3 rings (SSSR count). The van der Waals surface area contributed by atoms with E-state index in [-0.39, 0.29) is 6.04 Å². The topological polar surface area (TPSA) is 60.9 Å². The van der Waals surface area contributed by atoms with Crippen LogP contribution in [0.1, 0.15) is 36.3 Å². The number of thiazole rings is 1. The number of aliphatic hydroxyl groups is 1. The van der Waals surface area contributed by atoms with Crippen LogP contribution in [0.5, 0.6) is 0 Å². The van der Waals surface area contributed by atoms with Crippen molar-refractivity contribution in [3.05, 3.63) is 16.8 Å². The van der Waals surface area contributed by atoms with Gasteiger partial charge in [-0.3, -0.25) is 0 Å². The van der Waals surface area contributed by atoms with Crippen molar-refractivity contribution in [3.63, 3.8) is 0 Å². The summed E-state index contributed by atoms with van der Waals surface area (Å²) in [6, 6.07) is -0.0899. The van der Waals surface area contributed by atoms with Crippen LogP contribution in [0.3, 0.4) is 0 Å². The molecule has 1 aliphatic rings. The van der Waals surface area contributed by atoms with Crippen LogP contribution < -0.4 is 5.32 Å². The quantitative estimate of drug-likeness (QED) is 0.736. The number of H-pyrrole nitrogens is 1. The molecule has 0 amide bonds. The van der Waals surface area contributed by atoms with Crippen LogP contribution in [-0.4, -0.2) is 40.2 Å². The molecule has 1 unspecified atom stereocenters. The highest BCUT2D eigenvalue weighted by Crippen LogP contribution is 2.43. The summed E-state index contributed by atoms with van der Waals surface area (Å²) < 4.78 is 27.2. The van der Waals surface area contributed by atoms with Gasteiger partial charge in [-0.1, -0.05) is 0 Å². The van der Waals surface area contributed by atoms with Crippen molar-refractivity contribution < 1.29 is 13.9 Å². The number of nitrogens with one attached hydrogen (secondary N) is 2. The van der Waals surface area contributed by atoms with Crippen LogP contribution in [0.25, 0.3) is 10.3 Å². The minimum Gasteiger partial charge on any atom is -0.390 e. The molecular weight excluding hydrogens is 296 g/mol. The molecule has 0 bridgehead atoms. The fourth-order valence-corrected chi connectivity index (χ4v) is 3.53. The molecule has 2 aromatic rings. The Bertz CT molecular complexity index is 621. The molecule has 0 radical (unpaired) electrons. The van der Waals surface area contributed by atoms with Crippen LogP contribution >= 0.6 is 11.3 Å². The van der Waals surface area contributed by atoms with Gasteiger partial charge in [-0.15, -0.1) is 11.3 Å². The molecule has 0 saturated heterocycles. The van der Waals surface area contributed by atoms with E-state index in [1.54, 1.807) is 11.3 Å². The number of nitrogens with zero attached hydrogens (tertiary/aromatic N) is 1. The fourth-order valence-electron chi connectivity index (χ4n) is 2.31. The number of alkyl halides is 2. The highest BCUT2D eigenvalue weighted by atomic mass is 32.1. The zero-order chi connectivity index (χ0) is 15.0. The molecule has 0 aliphatic heterocycles. The highest BCUT2D eigenvalue weighted by Gasteiger charge is 2.29. The normalized spacial score (nSPS) is 17.5. The van der Waals surface area contributed by atoms with Crippen LogP contribution in [0.4, 0.5) is 8.78 Å². The Labute approximate surface area is 125 Å². The maximum atomic E-state index is 13.0. The largest absolute Gasteiger partial charge is 0.390 e. The first kappa shape index (κ1) is 14.9. The first-order valence-corrected chi connectivity index (χ1v) is 7.99. The van der Waals surface area contributed by atoms with Gasteiger partial charge in [0, 0.05) is 18.2 Å². The number of aromatic amines is 1. The fraction of sp³-hybridized carbons (Fsp3) is 0.643. The van der Waals surface area contributed by atoms with Crippen LogP contribution in [-0.2, 0) is 6.42 Å². The summed E-state index contributed by atoms with van der Waals surface area (Å²) in [6.07, 6.45) is 5.01. The molecule has 1 atom stereocenters. The van der Waals surface area contributed by atoms with Gasteiger partial charge in [0.1, 0.15) is 12.3 Å². The van der Waals surface area contributed by atoms with Gasteiger partial charge in [-0.2, -0.15) is 0 Å². The second-order valence-corrected chi connectivity index (χ2v) is 6.85. The van der Waals surface area contributed by atoms with Crippen molar-refractivity contribution in [2.45, 2.75) is 44.1 Å². The lowest BCUT2D eigenvalue weighted by atomic mass is 10.1. The standard InChI is InChI=1S/C14H19F2N3OS/c1-8(18-6-14(15,16)7-20)4-10-5-17-12-11(10)21-13(19-12)9-2-3-9/h5,8-9,17-18,20H,2-4,6-7H2,1H3. The summed E-state index contributed by atoms with van der Waals surface area (Å²) >= 11 is 1.71. The predicted molar refractivity (Wildman–Crippen MR) is 79.1 cm³/mol. The third-order valence-corrected chi connectivity index (χ3v) is 5.01. The van der Waals surface area contributed by atoms with Gasteiger partial charge < -0.3 is 15.4 Å². The van der Waals surface area contributed by atoms with Gasteiger partial charge in [0.25, 0.3) is 5.92 Å². The maximum absolute atomic E-state index is 13.0. The van der Waals surface area contributed by atoms with Gasteiger partial charge >= 0.3 is 0 Å². The minimum absolute atomic E-state index is 0.0899. The molecule has 21 heavy (non-hydrogen) atoms. The summed E-state index contributed by atoms with van der Waals surface area (Å²) in [5.74, 6) is -2.44. The van der Waals surface area contributed by atoms with Gasteiger partial charge in [0.15, 0.2) is 0 Å². The monoisotopic (exact) mass is 315 g/mol. The number of rotatable bonds is 7. The summed E-state index contributed by atoms with van der Waals surface area (Å²) in [7, 11) is 0. The smallest absolute Gasteiger partial charge is 0.282 e. The van der Waals surface area contributed by atoms with Gasteiger partial charge in [-0.05, 0) is 31.7 Å². The average Bonchev–Trinajstić information content (AvgIpc) is 3.12. The molecule has 4 nitrogen and oxygen atoms in total. The van der Waals surface area contributed by atoms with E-state index in [4.69, 9.17) is 5.11 Å². The van der Waals surface area contributed by atoms with Crippen molar-refractivity contribution in [2.75, 3.05) is 13.2 Å². The Morgan fingerprint density at radius 2 is 2.33 bits per heavy atom. The van der Waals surface area contributed by atoms with E-state index in [0.29, 0.717) is 12.3 Å². The summed E-state index contributed by atoms with van der Waals surface area (Å²) in [5, 5.41) is 12.5. The van der Waals surface area contributed by atoms with E-state index in [9.17, 15) is 8.78 Å². The number of fused-ring (bicyclic) bond motifs is 1. The molecule has 0 aromatic carbocycles. The minimum atomic E-state index is -3.06. The molecule has 2 aromatic heterocycles. The van der Waals surface area contributed by atoms with Crippen molar-refractivity contribution in [2.24, 2.45) is 0 Å². The highest BCUT2D eigenvalue weighted by molar-refractivity contribution is 7.18. The Morgan fingerprint density at radius 3 is 3.00 bits per heavy atom. The Morgan fingerprint density at radius 1 is 1.57 bits per heavy atom. The van der Waals surface area contributed by atoms with Crippen molar-refractivity contribution in [1.82, 2.24) is 15.3 Å². The van der Waals surface area contributed by atoms with Gasteiger partial charge in [-0.25, -0.2) is 13.8 Å². The van der Waals surface area contributed by atoms with E-state index in [0.717, 1.165) is 15.9 Å². The van der Waals surface area contributed by atoms with Crippen LogP contribution in [0, 0.1) is 0 Å². The molecule has 1 aliphatic carbocycles. The zero-order valence-corrected chi connectivity index (χ0v) is 12.6. The third-order valence-electron chi connectivity index (χ3n) is 3.71. The lowest BCUT2D eigenvalue weighted by Crippen LogP contribution is -2.40. The molecule has 3 N–H and O–H groups in total. The van der Waals surface area contributed by atoms with Crippen LogP contribution in [0.2, 0.25) is 0 Å². The molecule has 7 heteroatoms. The van der Waals surface area contributed by atoms with Crippen molar-refractivity contribution >= 4 is 21.7 Å². The maximum Gasteiger partial charge on any atom is 0.282 e. The number of aromatic nitrogens is 2. The first-order valence-electron chi connectivity index (χ1n) is 7.17. The molecule has 0 spiro atoms. The number of aliphatic hydroxyl groups excluding tert-OH is 1. The molecule has 1 fully saturated rings. The second-order valence-electron chi connectivity index (χ2n) is 5.82. The van der Waals surface area contributed by atoms with E-state index >= 15 is 0 Å². The Kier molecular flexibility index (Phi) is 3.98. The van der Waals surface area contributed by atoms with E-state index in [2.05, 4.69) is 15.3 Å². The Hall–Kier alpha value is -1.05. The SMILES string of the molecule is CC(Cc1c[nH]c2nc(C3CC3)sc12)NCC(F)(F)CO. The van der Waals surface area contributed by atoms with E-state index in [1.165, 1.54) is 17.8 Å². The first-order chi connectivity index (χ1) is 9.98. The van der Waals surface area contributed by atoms with Crippen molar-refractivity contribution in [3.8, 4) is 0 Å². The lowest BCUT2D eigenvalue weighted by Gasteiger charge is -2.18. The average molecular weight is 315 g/mol. The molecular formula is C14H19F2N3OS. The zero-order valence-electron chi connectivity index (χ0n) is 11.8. The molecule has 1 saturated carbocycles. The third kappa shape index (κ3) is 3.41. The summed E-state index contributed by atoms with van der Waals surface area (Å²) in [5.41, 5.74) is 2.02. The molecule has 2 heterocycles. The van der Waals surface area contributed by atoms with E-state index in [1.807, 2.05) is 13.1 Å². The molecule has 116 valence electrons. The summed E-state index contributed by atoms with van der Waals surface area (Å²) in [6.45, 7) is 0.240. The second kappa shape index (κ2) is 5.62. The predicted octanol–water partition coefficient (Wildman–Crippen LogP) is 2.65. The van der Waals surface area contributed by atoms with Gasteiger partial charge in [0.2, 0.25) is 0 Å². The Balaban J connectivity index is 1.64. The van der Waals surface area contributed by atoms with Gasteiger partial charge in [0.05, 0.1) is 16.3 Å². The summed E-state index contributed by atoms with van der Waals surface area (Å²) in [4.78, 5) is 7.75.